The predicted molar refractivity (Wildman–Crippen MR) is 47.9 cm³/mol. The molecule has 1 heteroatoms. The monoisotopic (exact) mass is 160 g/mol. The van der Waals surface area contributed by atoms with E-state index in [1.807, 2.05) is 18.2 Å². The summed E-state index contributed by atoms with van der Waals surface area (Å²) in [5.74, 6) is 1.31. The van der Waals surface area contributed by atoms with Gasteiger partial charge in [-0.15, -0.1) is 0 Å². The molecule has 12 heavy (non-hydrogen) atoms. The Morgan fingerprint density at radius 1 is 1.25 bits per heavy atom. The highest BCUT2D eigenvalue weighted by Crippen LogP contribution is 2.52. The maximum absolute atomic E-state index is 10.6. The maximum atomic E-state index is 10.6. The molecule has 3 atom stereocenters. The summed E-state index contributed by atoms with van der Waals surface area (Å²) in [5.41, 5.74) is 1.31. The average molecular weight is 160 g/mol. The Hall–Kier alpha value is -1.11. The molecule has 0 N–H and O–H groups in total. The molecule has 1 aliphatic carbocycles. The summed E-state index contributed by atoms with van der Waals surface area (Å²) in [6, 6.07) is 10.3. The number of hydrogen-bond acceptors (Lipinski definition) is 1. The second kappa shape index (κ2) is 2.74. The fourth-order valence-corrected chi connectivity index (χ4v) is 1.90. The fourth-order valence-electron chi connectivity index (χ4n) is 1.90. The van der Waals surface area contributed by atoms with Crippen LogP contribution >= 0.6 is 0 Å². The van der Waals surface area contributed by atoms with Gasteiger partial charge in [0.05, 0.1) is 0 Å². The van der Waals surface area contributed by atoms with Crippen LogP contribution in [-0.2, 0) is 4.79 Å². The van der Waals surface area contributed by atoms with Crippen LogP contribution in [0.15, 0.2) is 30.3 Å². The van der Waals surface area contributed by atoms with Crippen LogP contribution in [0.4, 0.5) is 0 Å². The number of rotatable bonds is 2. The minimum Gasteiger partial charge on any atom is -0.303 e. The predicted octanol–water partition coefficient (Wildman–Crippen LogP) is 2.24. The van der Waals surface area contributed by atoms with Gasteiger partial charge < -0.3 is 4.79 Å². The van der Waals surface area contributed by atoms with E-state index in [0.717, 1.165) is 6.29 Å². The molecule has 1 nitrogen and oxygen atoms in total. The van der Waals surface area contributed by atoms with Crippen molar-refractivity contribution in [3.05, 3.63) is 35.9 Å². The molecule has 0 radical (unpaired) electrons. The molecule has 1 aromatic rings. The van der Waals surface area contributed by atoms with Crippen LogP contribution in [-0.4, -0.2) is 6.29 Å². The summed E-state index contributed by atoms with van der Waals surface area (Å²) in [6.07, 6.45) is 1.09. The van der Waals surface area contributed by atoms with Crippen LogP contribution in [0, 0.1) is 11.8 Å². The van der Waals surface area contributed by atoms with Gasteiger partial charge in [0.2, 0.25) is 0 Å². The van der Waals surface area contributed by atoms with Gasteiger partial charge >= 0.3 is 0 Å². The zero-order valence-corrected chi connectivity index (χ0v) is 7.10. The van der Waals surface area contributed by atoms with E-state index in [0.29, 0.717) is 11.8 Å². The van der Waals surface area contributed by atoms with Crippen molar-refractivity contribution in [3.63, 3.8) is 0 Å². The lowest BCUT2D eigenvalue weighted by Gasteiger charge is -1.95. The second-order valence-electron chi connectivity index (χ2n) is 3.51. The lowest BCUT2D eigenvalue weighted by atomic mass is 10.1. The molecule has 2 rings (SSSR count). The van der Waals surface area contributed by atoms with E-state index in [2.05, 4.69) is 19.1 Å². The third kappa shape index (κ3) is 1.06. The van der Waals surface area contributed by atoms with Gasteiger partial charge in [0.25, 0.3) is 0 Å². The summed E-state index contributed by atoms with van der Waals surface area (Å²) in [4.78, 5) is 10.6. The van der Waals surface area contributed by atoms with Crippen molar-refractivity contribution >= 4 is 6.29 Å². The van der Waals surface area contributed by atoms with Crippen molar-refractivity contribution in [2.24, 2.45) is 11.8 Å². The van der Waals surface area contributed by atoms with Gasteiger partial charge in [0.1, 0.15) is 6.29 Å². The lowest BCUT2D eigenvalue weighted by molar-refractivity contribution is -0.109. The van der Waals surface area contributed by atoms with Gasteiger partial charge in [-0.3, -0.25) is 0 Å². The molecule has 0 aliphatic heterocycles. The van der Waals surface area contributed by atoms with E-state index in [1.54, 1.807) is 0 Å². The van der Waals surface area contributed by atoms with E-state index in [4.69, 9.17) is 0 Å². The normalized spacial score (nSPS) is 32.9. The van der Waals surface area contributed by atoms with E-state index in [1.165, 1.54) is 5.56 Å². The van der Waals surface area contributed by atoms with Crippen molar-refractivity contribution in [2.45, 2.75) is 12.8 Å². The van der Waals surface area contributed by atoms with E-state index >= 15 is 0 Å². The molecule has 1 aromatic carbocycles. The standard InChI is InChI=1S/C11H12O/c1-8-10(7-12)11(8)9-5-3-2-4-6-9/h2-8,10-11H,1H3/t8-,10+,11-/m1/s1. The van der Waals surface area contributed by atoms with Gasteiger partial charge in [0.15, 0.2) is 0 Å². The topological polar surface area (TPSA) is 17.1 Å². The minimum atomic E-state index is 0.271. The van der Waals surface area contributed by atoms with Crippen LogP contribution < -0.4 is 0 Å². The first-order chi connectivity index (χ1) is 5.84. The molecular weight excluding hydrogens is 148 g/mol. The third-order valence-corrected chi connectivity index (χ3v) is 2.79. The molecule has 0 aromatic heterocycles. The van der Waals surface area contributed by atoms with Gasteiger partial charge in [-0.1, -0.05) is 37.3 Å². The lowest BCUT2D eigenvalue weighted by Crippen LogP contribution is -1.82. The van der Waals surface area contributed by atoms with Crippen LogP contribution in [0.5, 0.6) is 0 Å². The SMILES string of the molecule is C[C@@H]1[C@H](C=O)[C@H]1c1ccccc1. The zero-order chi connectivity index (χ0) is 8.55. The molecule has 62 valence electrons. The summed E-state index contributed by atoms with van der Waals surface area (Å²) >= 11 is 0. The highest BCUT2D eigenvalue weighted by atomic mass is 16.1. The first kappa shape index (κ1) is 7.53. The fraction of sp³-hybridized carbons (Fsp3) is 0.364. The number of carbonyl (C=O) groups excluding carboxylic acids is 1. The molecule has 1 aliphatic rings. The van der Waals surface area contributed by atoms with Gasteiger partial charge in [-0.05, 0) is 17.4 Å². The van der Waals surface area contributed by atoms with E-state index in [9.17, 15) is 4.79 Å². The molecular formula is C11H12O. The molecule has 0 saturated heterocycles. The Balaban J connectivity index is 2.19. The van der Waals surface area contributed by atoms with E-state index < -0.39 is 0 Å². The molecule has 0 amide bonds. The van der Waals surface area contributed by atoms with Gasteiger partial charge in [-0.25, -0.2) is 0 Å². The van der Waals surface area contributed by atoms with Crippen molar-refractivity contribution in [1.29, 1.82) is 0 Å². The maximum Gasteiger partial charge on any atom is 0.123 e. The largest absolute Gasteiger partial charge is 0.303 e. The van der Waals surface area contributed by atoms with Crippen LogP contribution in [0.25, 0.3) is 0 Å². The smallest absolute Gasteiger partial charge is 0.123 e. The number of hydrogen-bond donors (Lipinski definition) is 0. The molecule has 1 fully saturated rings. The van der Waals surface area contributed by atoms with Crippen molar-refractivity contribution in [1.82, 2.24) is 0 Å². The summed E-state index contributed by atoms with van der Waals surface area (Å²) in [5, 5.41) is 0. The Kier molecular flexibility index (Phi) is 1.72. The quantitative estimate of drug-likeness (QED) is 0.606. The van der Waals surface area contributed by atoms with Crippen LogP contribution in [0.2, 0.25) is 0 Å². The van der Waals surface area contributed by atoms with E-state index in [-0.39, 0.29) is 5.92 Å². The van der Waals surface area contributed by atoms with Gasteiger partial charge in [-0.2, -0.15) is 0 Å². The van der Waals surface area contributed by atoms with Crippen molar-refractivity contribution < 1.29 is 4.79 Å². The Morgan fingerprint density at radius 3 is 2.42 bits per heavy atom. The Bertz CT molecular complexity index is 278. The first-order valence-electron chi connectivity index (χ1n) is 4.35. The number of aldehydes is 1. The van der Waals surface area contributed by atoms with Crippen LogP contribution in [0.3, 0.4) is 0 Å². The Morgan fingerprint density at radius 2 is 1.92 bits per heavy atom. The Labute approximate surface area is 72.4 Å². The first-order valence-corrected chi connectivity index (χ1v) is 4.35. The average Bonchev–Trinajstić information content (AvgIpc) is 2.78. The summed E-state index contributed by atoms with van der Waals surface area (Å²) in [7, 11) is 0. The number of benzene rings is 1. The molecule has 0 unspecified atom stereocenters. The molecule has 1 saturated carbocycles. The zero-order valence-electron chi connectivity index (χ0n) is 7.10. The highest BCUT2D eigenvalue weighted by molar-refractivity contribution is 5.62. The summed E-state index contributed by atoms with van der Waals surface area (Å²) in [6.45, 7) is 2.14. The minimum absolute atomic E-state index is 0.271. The molecule has 0 heterocycles. The van der Waals surface area contributed by atoms with Crippen molar-refractivity contribution in [2.75, 3.05) is 0 Å². The van der Waals surface area contributed by atoms with Crippen molar-refractivity contribution in [3.8, 4) is 0 Å². The second-order valence-corrected chi connectivity index (χ2v) is 3.51. The van der Waals surface area contributed by atoms with Gasteiger partial charge in [0, 0.05) is 5.92 Å². The number of carbonyl (C=O) groups is 1. The molecule has 0 bridgehead atoms. The third-order valence-electron chi connectivity index (χ3n) is 2.79. The summed E-state index contributed by atoms with van der Waals surface area (Å²) < 4.78 is 0. The molecule has 0 spiro atoms. The highest BCUT2D eigenvalue weighted by Gasteiger charge is 2.47. The van der Waals surface area contributed by atoms with Crippen LogP contribution in [0.1, 0.15) is 18.4 Å².